The molecule has 0 unspecified atom stereocenters. The standard InChI is InChI=1S/C31H20F14P.ClH/c32-26(28(34,35)36,29(37,38)39)21-16-20(17-22(18-21)27(33,30(40,41)42)31(43,44)45)19-46(23-10-4-1-5-11-23,24-12-6-2-7-13-24)25-14-8-3-9-15-25;/h1-18H,19H2;1H/q+1;/p-1. The van der Waals surface area contributed by atoms with Crippen molar-refractivity contribution < 1.29 is 73.9 Å². The third-order valence-electron chi connectivity index (χ3n) is 7.36. The lowest BCUT2D eigenvalue weighted by Gasteiger charge is -2.34. The molecule has 4 rings (SSSR count). The summed E-state index contributed by atoms with van der Waals surface area (Å²) in [5.74, 6) is 0. The summed E-state index contributed by atoms with van der Waals surface area (Å²) in [6.45, 7) is 0. The molecule has 16 heteroatoms. The first-order valence-corrected chi connectivity index (χ1v) is 14.9. The zero-order chi connectivity index (χ0) is 34.4. The fourth-order valence-corrected chi connectivity index (χ4v) is 9.42. The SMILES string of the molecule is FC(F)(F)C(F)(c1cc(C[P+](c2ccccc2)(c2ccccc2)c2ccccc2)cc(C(F)(C(F)(F)F)C(F)(F)F)c1)C(F)(F)F.[Cl-]. The predicted molar refractivity (Wildman–Crippen MR) is 145 cm³/mol. The van der Waals surface area contributed by atoms with E-state index in [0.29, 0.717) is 15.9 Å². The van der Waals surface area contributed by atoms with Crippen LogP contribution in [0.4, 0.5) is 61.5 Å². The third-order valence-corrected chi connectivity index (χ3v) is 11.7. The van der Waals surface area contributed by atoms with Crippen molar-refractivity contribution >= 4 is 23.2 Å². The Bertz CT molecular complexity index is 1450. The van der Waals surface area contributed by atoms with Crippen LogP contribution in [0.15, 0.2) is 109 Å². The second-order valence-corrected chi connectivity index (χ2v) is 13.7. The van der Waals surface area contributed by atoms with Gasteiger partial charge in [-0.05, 0) is 60.2 Å². The molecule has 0 aromatic heterocycles. The van der Waals surface area contributed by atoms with E-state index in [9.17, 15) is 52.7 Å². The van der Waals surface area contributed by atoms with Crippen LogP contribution < -0.4 is 28.3 Å². The predicted octanol–water partition coefficient (Wildman–Crippen LogP) is 6.76. The fourth-order valence-electron chi connectivity index (χ4n) is 5.20. The Morgan fingerprint density at radius 1 is 0.383 bits per heavy atom. The van der Waals surface area contributed by atoms with E-state index in [1.165, 1.54) is 72.8 Å². The Labute approximate surface area is 265 Å². The summed E-state index contributed by atoms with van der Waals surface area (Å²) in [5.41, 5.74) is -19.4. The van der Waals surface area contributed by atoms with E-state index in [1.807, 2.05) is 0 Å². The van der Waals surface area contributed by atoms with Gasteiger partial charge in [0.2, 0.25) is 0 Å². The quantitative estimate of drug-likeness (QED) is 0.146. The molecule has 0 N–H and O–H groups in total. The van der Waals surface area contributed by atoms with Crippen LogP contribution in [0, 0.1) is 0 Å². The van der Waals surface area contributed by atoms with Crippen molar-refractivity contribution in [1.29, 1.82) is 0 Å². The normalized spacial score (nSPS) is 13.7. The number of hydrogen-bond acceptors (Lipinski definition) is 0. The molecular weight excluding hydrogens is 705 g/mol. The average molecular weight is 725 g/mol. The van der Waals surface area contributed by atoms with Crippen molar-refractivity contribution in [3.05, 3.63) is 126 Å². The summed E-state index contributed by atoms with van der Waals surface area (Å²) in [7, 11) is -3.45. The van der Waals surface area contributed by atoms with Gasteiger partial charge in [-0.15, -0.1) is 0 Å². The molecule has 4 aromatic carbocycles. The highest BCUT2D eigenvalue weighted by Crippen LogP contribution is 2.61. The van der Waals surface area contributed by atoms with E-state index in [1.54, 1.807) is 18.2 Å². The molecule has 0 aliphatic carbocycles. The molecule has 0 fully saturated rings. The Kier molecular flexibility index (Phi) is 10.5. The van der Waals surface area contributed by atoms with Crippen molar-refractivity contribution in [3.63, 3.8) is 0 Å². The Morgan fingerprint density at radius 3 is 0.872 bits per heavy atom. The topological polar surface area (TPSA) is 0 Å². The minimum Gasteiger partial charge on any atom is -1.00 e. The fraction of sp³-hybridized carbons (Fsp3) is 0.226. The number of halogens is 15. The summed E-state index contributed by atoms with van der Waals surface area (Å²) < 4.78 is 197. The van der Waals surface area contributed by atoms with Crippen molar-refractivity contribution in [2.24, 2.45) is 0 Å². The van der Waals surface area contributed by atoms with E-state index < -0.39 is 72.2 Å². The van der Waals surface area contributed by atoms with Crippen LogP contribution in [-0.2, 0) is 17.5 Å². The molecule has 0 heterocycles. The molecule has 0 amide bonds. The van der Waals surface area contributed by atoms with Gasteiger partial charge in [0.05, 0.1) is 6.16 Å². The van der Waals surface area contributed by atoms with Crippen molar-refractivity contribution in [3.8, 4) is 0 Å². The first kappa shape index (κ1) is 38.1. The molecule has 0 saturated heterocycles. The van der Waals surface area contributed by atoms with Gasteiger partial charge in [0.15, 0.2) is 0 Å². The second-order valence-electron chi connectivity index (χ2n) is 10.2. The maximum atomic E-state index is 15.4. The third kappa shape index (κ3) is 6.55. The number of benzene rings is 4. The second kappa shape index (κ2) is 12.9. The van der Waals surface area contributed by atoms with Crippen LogP contribution >= 0.6 is 7.26 Å². The van der Waals surface area contributed by atoms with Gasteiger partial charge in [-0.25, -0.2) is 8.78 Å². The van der Waals surface area contributed by atoms with E-state index in [4.69, 9.17) is 0 Å². The lowest BCUT2D eigenvalue weighted by atomic mass is 9.86. The first-order chi connectivity index (χ1) is 21.1. The highest BCUT2D eigenvalue weighted by Gasteiger charge is 2.76. The van der Waals surface area contributed by atoms with Gasteiger partial charge in [-0.2, -0.15) is 52.7 Å². The summed E-state index contributed by atoms with van der Waals surface area (Å²) in [6.07, 6.45) is -28.5. The minimum atomic E-state index is -6.93. The summed E-state index contributed by atoms with van der Waals surface area (Å²) in [5, 5.41) is 1.07. The van der Waals surface area contributed by atoms with Gasteiger partial charge in [-0.3, -0.25) is 0 Å². The van der Waals surface area contributed by atoms with Crippen LogP contribution in [0.1, 0.15) is 16.7 Å². The molecule has 0 bridgehead atoms. The van der Waals surface area contributed by atoms with Gasteiger partial charge in [0.1, 0.15) is 23.2 Å². The Morgan fingerprint density at radius 2 is 0.638 bits per heavy atom. The first-order valence-electron chi connectivity index (χ1n) is 13.0. The van der Waals surface area contributed by atoms with Gasteiger partial charge < -0.3 is 12.4 Å². The highest BCUT2D eigenvalue weighted by atomic mass is 35.5. The van der Waals surface area contributed by atoms with Gasteiger partial charge in [0.25, 0.3) is 0 Å². The molecule has 47 heavy (non-hydrogen) atoms. The molecule has 0 saturated carbocycles. The monoisotopic (exact) mass is 724 g/mol. The van der Waals surface area contributed by atoms with Gasteiger partial charge >= 0.3 is 36.0 Å². The van der Waals surface area contributed by atoms with E-state index in [-0.39, 0.29) is 24.5 Å². The van der Waals surface area contributed by atoms with Crippen molar-refractivity contribution in [1.82, 2.24) is 0 Å². The van der Waals surface area contributed by atoms with Gasteiger partial charge in [-0.1, -0.05) is 54.6 Å². The zero-order valence-corrected chi connectivity index (χ0v) is 24.9. The zero-order valence-electron chi connectivity index (χ0n) is 23.2. The number of hydrogen-bond donors (Lipinski definition) is 0. The largest absolute Gasteiger partial charge is 1.00 e. The van der Waals surface area contributed by atoms with Crippen LogP contribution in [0.3, 0.4) is 0 Å². The van der Waals surface area contributed by atoms with E-state index in [2.05, 4.69) is 0 Å². The maximum Gasteiger partial charge on any atom is 0.435 e. The molecule has 4 aromatic rings. The van der Waals surface area contributed by atoms with E-state index in [0.717, 1.165) is 0 Å². The van der Waals surface area contributed by atoms with Gasteiger partial charge in [0, 0.05) is 11.1 Å². The molecular formula is C31H20ClF14P. The lowest BCUT2D eigenvalue weighted by Crippen LogP contribution is -3.00. The highest BCUT2D eigenvalue weighted by molar-refractivity contribution is 7.95. The maximum absolute atomic E-state index is 15.4. The van der Waals surface area contributed by atoms with Crippen LogP contribution in [-0.4, -0.2) is 24.7 Å². The molecule has 0 aliphatic heterocycles. The van der Waals surface area contributed by atoms with Crippen LogP contribution in [0.5, 0.6) is 0 Å². The Balaban J connectivity index is 0.00000600. The molecule has 0 nitrogen and oxygen atoms in total. The summed E-state index contributed by atoms with van der Waals surface area (Å²) in [4.78, 5) is 0. The molecule has 0 aliphatic rings. The molecule has 0 atom stereocenters. The van der Waals surface area contributed by atoms with Crippen molar-refractivity contribution in [2.75, 3.05) is 0 Å². The number of alkyl halides is 14. The summed E-state index contributed by atoms with van der Waals surface area (Å²) >= 11 is 0. The lowest BCUT2D eigenvalue weighted by molar-refractivity contribution is -0.350. The van der Waals surface area contributed by atoms with Crippen molar-refractivity contribution in [2.45, 2.75) is 42.2 Å². The molecule has 0 spiro atoms. The average Bonchev–Trinajstić information content (AvgIpc) is 2.98. The smallest absolute Gasteiger partial charge is 0.435 e. The summed E-state index contributed by atoms with van der Waals surface area (Å²) in [6, 6.07) is 21.6. The minimum absolute atomic E-state index is 0. The van der Waals surface area contributed by atoms with Crippen LogP contribution in [0.2, 0.25) is 0 Å². The van der Waals surface area contributed by atoms with E-state index >= 15 is 8.78 Å². The molecule has 0 radical (unpaired) electrons. The van der Waals surface area contributed by atoms with Crippen LogP contribution in [0.25, 0.3) is 0 Å². The molecule has 254 valence electrons. The number of rotatable bonds is 7. The Hall–Kier alpha value is -3.38.